The number of nitrogens with one attached hydrogen (secondary N) is 1. The van der Waals surface area contributed by atoms with Gasteiger partial charge in [0.15, 0.2) is 0 Å². The van der Waals surface area contributed by atoms with Gasteiger partial charge in [-0.15, -0.1) is 0 Å². The number of benzene rings is 1. The van der Waals surface area contributed by atoms with Crippen LogP contribution in [0.4, 0.5) is 10.3 Å². The summed E-state index contributed by atoms with van der Waals surface area (Å²) in [5, 5.41) is 3.54. The van der Waals surface area contributed by atoms with Gasteiger partial charge in [0, 0.05) is 49.2 Å². The number of rotatable bonds is 2. The van der Waals surface area contributed by atoms with Crippen LogP contribution >= 0.6 is 11.6 Å². The number of hydrogen-bond acceptors (Lipinski definition) is 4. The molecule has 0 radical (unpaired) electrons. The van der Waals surface area contributed by atoms with Crippen molar-refractivity contribution in [3.05, 3.63) is 41.4 Å². The fourth-order valence-corrected chi connectivity index (χ4v) is 2.73. The zero-order valence-corrected chi connectivity index (χ0v) is 13.1. The molecule has 6 heteroatoms. The fraction of sp³-hybridized carbons (Fsp3) is 0.375. The van der Waals surface area contributed by atoms with Crippen molar-refractivity contribution in [2.75, 3.05) is 24.5 Å². The highest BCUT2D eigenvalue weighted by atomic mass is 35.5. The van der Waals surface area contributed by atoms with Crippen LogP contribution in [0.1, 0.15) is 13.3 Å². The summed E-state index contributed by atoms with van der Waals surface area (Å²) in [6, 6.07) is 5.43. The van der Waals surface area contributed by atoms with Crippen LogP contribution in [0, 0.1) is 5.82 Å². The quantitative estimate of drug-likeness (QED) is 0.923. The lowest BCUT2D eigenvalue weighted by Gasteiger charge is -2.19. The molecule has 1 unspecified atom stereocenters. The van der Waals surface area contributed by atoms with E-state index in [4.69, 9.17) is 11.6 Å². The molecule has 1 saturated heterocycles. The minimum Gasteiger partial charge on any atom is -0.339 e. The van der Waals surface area contributed by atoms with Crippen molar-refractivity contribution in [2.45, 2.75) is 19.4 Å². The van der Waals surface area contributed by atoms with Crippen LogP contribution in [0.15, 0.2) is 30.6 Å². The second-order valence-corrected chi connectivity index (χ2v) is 5.91. The number of halogens is 2. The van der Waals surface area contributed by atoms with Gasteiger partial charge in [0.25, 0.3) is 0 Å². The van der Waals surface area contributed by atoms with E-state index < -0.39 is 5.82 Å². The average Bonchev–Trinajstić information content (AvgIpc) is 2.75. The molecule has 3 rings (SSSR count). The summed E-state index contributed by atoms with van der Waals surface area (Å²) in [4.78, 5) is 10.9. The summed E-state index contributed by atoms with van der Waals surface area (Å²) in [5.74, 6) is 0.246. The van der Waals surface area contributed by atoms with E-state index in [2.05, 4.69) is 27.1 Å². The Labute approximate surface area is 134 Å². The van der Waals surface area contributed by atoms with Crippen molar-refractivity contribution < 1.29 is 4.39 Å². The molecule has 0 aliphatic carbocycles. The number of hydrogen-bond donors (Lipinski definition) is 1. The molecule has 1 atom stereocenters. The molecule has 2 aromatic rings. The summed E-state index contributed by atoms with van der Waals surface area (Å²) in [6.07, 6.45) is 4.35. The third-order valence-corrected chi connectivity index (χ3v) is 4.18. The first kappa shape index (κ1) is 15.2. The van der Waals surface area contributed by atoms with Crippen molar-refractivity contribution in [3.8, 4) is 11.1 Å². The van der Waals surface area contributed by atoms with Gasteiger partial charge in [-0.25, -0.2) is 14.4 Å². The lowest BCUT2D eigenvalue weighted by Crippen LogP contribution is -2.30. The Balaban J connectivity index is 1.82. The Bertz CT molecular complexity index is 647. The monoisotopic (exact) mass is 320 g/mol. The number of nitrogens with zero attached hydrogens (tertiary/aromatic N) is 3. The van der Waals surface area contributed by atoms with E-state index in [1.165, 1.54) is 6.07 Å². The first-order valence-electron chi connectivity index (χ1n) is 7.40. The maximum absolute atomic E-state index is 14.0. The number of aromatic nitrogens is 2. The van der Waals surface area contributed by atoms with E-state index in [-0.39, 0.29) is 5.02 Å². The van der Waals surface area contributed by atoms with E-state index in [1.807, 2.05) is 0 Å². The molecule has 0 amide bonds. The molecule has 116 valence electrons. The van der Waals surface area contributed by atoms with Crippen LogP contribution in [0.3, 0.4) is 0 Å². The van der Waals surface area contributed by atoms with Gasteiger partial charge >= 0.3 is 0 Å². The molecule has 0 bridgehead atoms. The van der Waals surface area contributed by atoms with Crippen LogP contribution in [-0.2, 0) is 0 Å². The van der Waals surface area contributed by atoms with Gasteiger partial charge in [-0.1, -0.05) is 23.7 Å². The molecule has 1 aromatic heterocycles. The molecule has 1 N–H and O–H groups in total. The Kier molecular flexibility index (Phi) is 4.55. The third kappa shape index (κ3) is 3.20. The van der Waals surface area contributed by atoms with Crippen molar-refractivity contribution >= 4 is 17.5 Å². The minimum atomic E-state index is -0.437. The Morgan fingerprint density at radius 1 is 1.27 bits per heavy atom. The lowest BCUT2D eigenvalue weighted by atomic mass is 10.1. The SMILES string of the molecule is CC1CCN(c2ncc(-c3cccc(Cl)c3F)cn2)CCN1. The lowest BCUT2D eigenvalue weighted by molar-refractivity contribution is 0.566. The van der Waals surface area contributed by atoms with Crippen molar-refractivity contribution in [1.82, 2.24) is 15.3 Å². The fourth-order valence-electron chi connectivity index (χ4n) is 2.56. The molecule has 0 saturated carbocycles. The predicted molar refractivity (Wildman–Crippen MR) is 86.7 cm³/mol. The first-order valence-corrected chi connectivity index (χ1v) is 7.77. The van der Waals surface area contributed by atoms with E-state index >= 15 is 0 Å². The zero-order chi connectivity index (χ0) is 15.5. The van der Waals surface area contributed by atoms with Gasteiger partial charge in [0.05, 0.1) is 5.02 Å². The van der Waals surface area contributed by atoms with Crippen molar-refractivity contribution in [3.63, 3.8) is 0 Å². The zero-order valence-electron chi connectivity index (χ0n) is 12.4. The molecule has 1 aliphatic heterocycles. The van der Waals surface area contributed by atoms with Gasteiger partial charge in [-0.2, -0.15) is 0 Å². The Morgan fingerprint density at radius 3 is 2.82 bits per heavy atom. The molecular formula is C16H18ClFN4. The smallest absolute Gasteiger partial charge is 0.225 e. The largest absolute Gasteiger partial charge is 0.339 e. The highest BCUT2D eigenvalue weighted by molar-refractivity contribution is 6.31. The predicted octanol–water partition coefficient (Wildman–Crippen LogP) is 3.12. The van der Waals surface area contributed by atoms with E-state index in [0.29, 0.717) is 23.1 Å². The van der Waals surface area contributed by atoms with Crippen LogP contribution in [0.2, 0.25) is 5.02 Å². The standard InChI is InChI=1S/C16H18ClFN4/c1-11-5-7-22(8-6-19-11)16-20-9-12(10-21-16)13-3-2-4-14(17)15(13)18/h2-4,9-11,19H,5-8H2,1H3. The summed E-state index contributed by atoms with van der Waals surface area (Å²) < 4.78 is 14.0. The summed E-state index contributed by atoms with van der Waals surface area (Å²) >= 11 is 5.82. The van der Waals surface area contributed by atoms with E-state index in [1.54, 1.807) is 24.5 Å². The minimum absolute atomic E-state index is 0.106. The van der Waals surface area contributed by atoms with E-state index in [0.717, 1.165) is 26.1 Å². The molecule has 2 heterocycles. The molecule has 22 heavy (non-hydrogen) atoms. The van der Waals surface area contributed by atoms with Crippen LogP contribution in [0.5, 0.6) is 0 Å². The summed E-state index contributed by atoms with van der Waals surface area (Å²) in [6.45, 7) is 4.87. The highest BCUT2D eigenvalue weighted by Crippen LogP contribution is 2.27. The molecule has 0 spiro atoms. The highest BCUT2D eigenvalue weighted by Gasteiger charge is 2.16. The molecule has 1 aliphatic rings. The first-order chi connectivity index (χ1) is 10.6. The summed E-state index contributed by atoms with van der Waals surface area (Å²) in [7, 11) is 0. The van der Waals surface area contributed by atoms with Crippen LogP contribution in [-0.4, -0.2) is 35.6 Å². The van der Waals surface area contributed by atoms with Crippen LogP contribution < -0.4 is 10.2 Å². The van der Waals surface area contributed by atoms with Crippen LogP contribution in [0.25, 0.3) is 11.1 Å². The average molecular weight is 321 g/mol. The topological polar surface area (TPSA) is 41.1 Å². The molecular weight excluding hydrogens is 303 g/mol. The molecule has 1 aromatic carbocycles. The Morgan fingerprint density at radius 2 is 2.05 bits per heavy atom. The Hall–Kier alpha value is -1.72. The van der Waals surface area contributed by atoms with Gasteiger partial charge < -0.3 is 10.2 Å². The van der Waals surface area contributed by atoms with Gasteiger partial charge in [-0.05, 0) is 19.4 Å². The summed E-state index contributed by atoms with van der Waals surface area (Å²) in [5.41, 5.74) is 1.05. The third-order valence-electron chi connectivity index (χ3n) is 3.89. The van der Waals surface area contributed by atoms with Gasteiger partial charge in [0.1, 0.15) is 5.82 Å². The maximum atomic E-state index is 14.0. The normalized spacial score (nSPS) is 19.0. The second-order valence-electron chi connectivity index (χ2n) is 5.50. The van der Waals surface area contributed by atoms with Gasteiger partial charge in [-0.3, -0.25) is 0 Å². The number of anilines is 1. The molecule has 4 nitrogen and oxygen atoms in total. The maximum Gasteiger partial charge on any atom is 0.225 e. The van der Waals surface area contributed by atoms with Crippen molar-refractivity contribution in [2.24, 2.45) is 0 Å². The van der Waals surface area contributed by atoms with E-state index in [9.17, 15) is 4.39 Å². The van der Waals surface area contributed by atoms with Gasteiger partial charge in [0.2, 0.25) is 5.95 Å². The second kappa shape index (κ2) is 6.58. The molecule has 1 fully saturated rings. The van der Waals surface area contributed by atoms with Crippen molar-refractivity contribution in [1.29, 1.82) is 0 Å².